The number of rotatable bonds is 6. The predicted octanol–water partition coefficient (Wildman–Crippen LogP) is 3.11. The first-order chi connectivity index (χ1) is 16.4. The van der Waals surface area contributed by atoms with Crippen molar-refractivity contribution in [2.45, 2.75) is 25.9 Å². The number of Topliss-reactive ketones (excluding diaryl/α,β-unsaturated/α-hetero) is 1. The van der Waals surface area contributed by atoms with E-state index in [2.05, 4.69) is 0 Å². The van der Waals surface area contributed by atoms with E-state index in [4.69, 9.17) is 18.0 Å². The number of hydrogen-bond acceptors (Lipinski definition) is 8. The molecule has 0 spiro atoms. The maximum atomic E-state index is 15.0. The van der Waals surface area contributed by atoms with E-state index in [-0.39, 0.29) is 11.9 Å². The van der Waals surface area contributed by atoms with Crippen molar-refractivity contribution in [3.8, 4) is 0 Å². The van der Waals surface area contributed by atoms with Crippen molar-refractivity contribution >= 4 is 40.5 Å². The van der Waals surface area contributed by atoms with Crippen LogP contribution in [0.25, 0.3) is 0 Å². The average Bonchev–Trinajstić information content (AvgIpc) is 3.03. The second kappa shape index (κ2) is 12.2. The average molecular weight is 492 g/mol. The Morgan fingerprint density at radius 1 is 1.09 bits per heavy atom. The van der Waals surface area contributed by atoms with Crippen LogP contribution in [-0.4, -0.2) is 59.2 Å². The number of anilines is 3. The maximum Gasteiger partial charge on any atom is 0.414 e. The Morgan fingerprint density at radius 2 is 1.82 bits per heavy atom. The van der Waals surface area contributed by atoms with Crippen LogP contribution < -0.4 is 14.9 Å². The number of ketones is 1. The third-order valence-electron chi connectivity index (χ3n) is 5.50. The zero-order valence-corrected chi connectivity index (χ0v) is 19.5. The molecule has 0 unspecified atom stereocenters. The summed E-state index contributed by atoms with van der Waals surface area (Å²) in [7, 11) is 0. The molecule has 2 aliphatic heterocycles. The van der Waals surface area contributed by atoms with Crippen LogP contribution in [0.15, 0.2) is 48.5 Å². The molecule has 0 aromatic heterocycles. The quantitative estimate of drug-likeness (QED) is 0.608. The smallest absolute Gasteiger partial charge is 0.414 e. The molecule has 2 fully saturated rings. The standard InChI is InChI=1S/C23H26FN3O4.O2S/c1-17(28)7-9-20-16-26(23(29)31-20)19-8-10-22(21(24)15-19)25-11-12-27(30-14-13-25)18-5-3-2-4-6-18;1-3-2/h2-6,8,10,15,20H,7,9,11-14,16H2,1H3;/t20-;/m0./s1. The molecule has 182 valence electrons. The van der Waals surface area contributed by atoms with Crippen molar-refractivity contribution in [2.24, 2.45) is 0 Å². The highest BCUT2D eigenvalue weighted by atomic mass is 32.1. The van der Waals surface area contributed by atoms with E-state index in [1.54, 1.807) is 12.1 Å². The number of cyclic esters (lactones) is 1. The molecule has 0 N–H and O–H groups in total. The highest BCUT2D eigenvalue weighted by Crippen LogP contribution is 2.29. The molecule has 2 saturated heterocycles. The van der Waals surface area contributed by atoms with Crippen LogP contribution in [0.2, 0.25) is 0 Å². The normalized spacial score (nSPS) is 18.0. The minimum Gasteiger partial charge on any atom is -0.444 e. The Morgan fingerprint density at radius 3 is 2.50 bits per heavy atom. The van der Waals surface area contributed by atoms with Gasteiger partial charge in [-0.15, -0.1) is 0 Å². The second-order valence-electron chi connectivity index (χ2n) is 7.82. The van der Waals surface area contributed by atoms with Gasteiger partial charge >= 0.3 is 17.7 Å². The zero-order chi connectivity index (χ0) is 24.5. The number of hydrogen-bond donors (Lipinski definition) is 0. The monoisotopic (exact) mass is 491 g/mol. The van der Waals surface area contributed by atoms with Gasteiger partial charge < -0.3 is 14.4 Å². The number of carbonyl (C=O) groups excluding carboxylic acids is 2. The molecule has 1 atom stereocenters. The summed E-state index contributed by atoms with van der Waals surface area (Å²) in [5.74, 6) is -0.345. The number of amides is 1. The SMILES string of the molecule is CC(=O)CC[C@H]1CN(c2ccc(N3CCON(c4ccccc4)CC3)c(F)c2)C(=O)O1.O=S=O. The van der Waals surface area contributed by atoms with Crippen molar-refractivity contribution < 1.29 is 32.0 Å². The number of halogens is 1. The van der Waals surface area contributed by atoms with Crippen LogP contribution in [0.4, 0.5) is 26.2 Å². The van der Waals surface area contributed by atoms with Crippen molar-refractivity contribution in [2.75, 3.05) is 47.6 Å². The summed E-state index contributed by atoms with van der Waals surface area (Å²) in [6.07, 6.45) is -0.0341. The molecule has 0 saturated carbocycles. The van der Waals surface area contributed by atoms with Gasteiger partial charge in [-0.25, -0.2) is 9.18 Å². The fourth-order valence-electron chi connectivity index (χ4n) is 3.85. The summed E-state index contributed by atoms with van der Waals surface area (Å²) in [6.45, 7) is 4.01. The van der Waals surface area contributed by atoms with Crippen LogP contribution in [0.1, 0.15) is 19.8 Å². The van der Waals surface area contributed by atoms with Crippen LogP contribution in [0, 0.1) is 5.82 Å². The first-order valence-electron chi connectivity index (χ1n) is 10.8. The molecule has 0 bridgehead atoms. The number of para-hydroxylation sites is 1. The van der Waals surface area contributed by atoms with E-state index in [0.29, 0.717) is 57.0 Å². The Bertz CT molecular complexity index is 1030. The lowest BCUT2D eigenvalue weighted by Crippen LogP contribution is -2.31. The van der Waals surface area contributed by atoms with E-state index >= 15 is 0 Å². The zero-order valence-electron chi connectivity index (χ0n) is 18.7. The maximum absolute atomic E-state index is 15.0. The second-order valence-corrected chi connectivity index (χ2v) is 7.95. The molecule has 0 aliphatic carbocycles. The van der Waals surface area contributed by atoms with Gasteiger partial charge in [-0.2, -0.15) is 8.42 Å². The number of carbonyl (C=O) groups is 2. The van der Waals surface area contributed by atoms with Gasteiger partial charge in [0.1, 0.15) is 17.7 Å². The first kappa shape index (κ1) is 25.3. The van der Waals surface area contributed by atoms with E-state index in [1.165, 1.54) is 17.9 Å². The largest absolute Gasteiger partial charge is 0.444 e. The van der Waals surface area contributed by atoms with Gasteiger partial charge in [-0.05, 0) is 43.7 Å². The highest BCUT2D eigenvalue weighted by Gasteiger charge is 2.33. The van der Waals surface area contributed by atoms with Gasteiger partial charge in [0.2, 0.25) is 0 Å². The Kier molecular flexibility index (Phi) is 9.11. The summed E-state index contributed by atoms with van der Waals surface area (Å²) in [4.78, 5) is 32.6. The molecule has 11 heteroatoms. The molecular formula is C23H26FN3O6S. The van der Waals surface area contributed by atoms with Gasteiger partial charge in [-0.3, -0.25) is 14.8 Å². The van der Waals surface area contributed by atoms with Gasteiger partial charge in [0.15, 0.2) is 0 Å². The minimum absolute atomic E-state index is 0.0529. The third-order valence-corrected chi connectivity index (χ3v) is 5.50. The topological polar surface area (TPSA) is 96.5 Å². The summed E-state index contributed by atoms with van der Waals surface area (Å²) in [5.41, 5.74) is 1.89. The Balaban J connectivity index is 0.00000103. The van der Waals surface area contributed by atoms with Crippen LogP contribution in [0.5, 0.6) is 0 Å². The van der Waals surface area contributed by atoms with E-state index in [0.717, 1.165) is 5.69 Å². The number of ether oxygens (including phenoxy) is 1. The summed E-state index contributed by atoms with van der Waals surface area (Å²) in [6, 6.07) is 14.6. The fourth-order valence-corrected chi connectivity index (χ4v) is 3.85. The fraction of sp³-hybridized carbons (Fsp3) is 0.391. The van der Waals surface area contributed by atoms with Gasteiger partial charge in [-0.1, -0.05) is 18.2 Å². The van der Waals surface area contributed by atoms with Gasteiger partial charge in [0.05, 0.1) is 36.8 Å². The lowest BCUT2D eigenvalue weighted by molar-refractivity contribution is -0.117. The lowest BCUT2D eigenvalue weighted by atomic mass is 10.1. The molecule has 4 rings (SSSR count). The summed E-state index contributed by atoms with van der Waals surface area (Å²) >= 11 is -0.750. The molecule has 2 aromatic rings. The van der Waals surface area contributed by atoms with Crippen LogP contribution >= 0.6 is 0 Å². The lowest BCUT2D eigenvalue weighted by Gasteiger charge is -2.24. The van der Waals surface area contributed by atoms with Crippen molar-refractivity contribution in [3.63, 3.8) is 0 Å². The molecular weight excluding hydrogens is 465 g/mol. The summed E-state index contributed by atoms with van der Waals surface area (Å²) in [5, 5.41) is 1.83. The molecule has 2 aromatic carbocycles. The third kappa shape index (κ3) is 6.61. The van der Waals surface area contributed by atoms with E-state index in [9.17, 15) is 14.0 Å². The Hall–Kier alpha value is -3.31. The number of hydroxylamine groups is 1. The van der Waals surface area contributed by atoms with Crippen LogP contribution in [0.3, 0.4) is 0 Å². The molecule has 1 amide bonds. The van der Waals surface area contributed by atoms with Gasteiger partial charge in [0.25, 0.3) is 0 Å². The van der Waals surface area contributed by atoms with Crippen molar-refractivity contribution in [3.05, 3.63) is 54.3 Å². The Labute approximate surface area is 200 Å². The highest BCUT2D eigenvalue weighted by molar-refractivity contribution is 7.51. The van der Waals surface area contributed by atoms with Gasteiger partial charge in [0, 0.05) is 19.5 Å². The van der Waals surface area contributed by atoms with Crippen LogP contribution in [-0.2, 0) is 25.9 Å². The first-order valence-corrected chi connectivity index (χ1v) is 11.5. The van der Waals surface area contributed by atoms with Crippen molar-refractivity contribution in [1.29, 1.82) is 0 Å². The van der Waals surface area contributed by atoms with Crippen molar-refractivity contribution in [1.82, 2.24) is 0 Å². The molecule has 2 heterocycles. The minimum atomic E-state index is -0.750. The molecule has 2 aliphatic rings. The molecule has 0 radical (unpaired) electrons. The van der Waals surface area contributed by atoms with E-state index in [1.807, 2.05) is 40.3 Å². The number of benzene rings is 2. The molecule has 34 heavy (non-hydrogen) atoms. The summed E-state index contributed by atoms with van der Waals surface area (Å²) < 4.78 is 36.9. The van der Waals surface area contributed by atoms with E-state index < -0.39 is 23.5 Å². The molecule has 9 nitrogen and oxygen atoms in total. The number of nitrogens with zero attached hydrogens (tertiary/aromatic N) is 3. The predicted molar refractivity (Wildman–Crippen MR) is 125 cm³/mol.